The van der Waals surface area contributed by atoms with E-state index in [4.69, 9.17) is 0 Å². The number of pyridine rings is 1. The molecule has 25 heavy (non-hydrogen) atoms. The molecule has 1 heterocycles. The van der Waals surface area contributed by atoms with Gasteiger partial charge >= 0.3 is 0 Å². The summed E-state index contributed by atoms with van der Waals surface area (Å²) >= 11 is 0. The summed E-state index contributed by atoms with van der Waals surface area (Å²) in [6, 6.07) is 34.5. The van der Waals surface area contributed by atoms with E-state index in [-0.39, 0.29) is 21.1 Å². The van der Waals surface area contributed by atoms with Gasteiger partial charge in [-0.25, -0.2) is 0 Å². The fourth-order valence-electron chi connectivity index (χ4n) is 2.91. The normalized spacial score (nSPS) is 10.1. The summed E-state index contributed by atoms with van der Waals surface area (Å²) in [5.41, 5.74) is 6.80. The molecule has 0 N–H and O–H groups in total. The molecule has 2 heteroatoms. The Kier molecular flexibility index (Phi) is 5.58. The summed E-state index contributed by atoms with van der Waals surface area (Å²) in [5, 5.41) is 0. The standard InChI is InChI=1S/C23H16N.Pt/c1-2-9-18(10-3-1)21-13-4-5-14-22(21)19-11-8-12-20(17-19)23-15-6-7-16-24-23;/h1-11,13-17H;/q-1;. The molecule has 1 aromatic heterocycles. The molecule has 0 radical (unpaired) electrons. The van der Waals surface area contributed by atoms with Crippen molar-refractivity contribution in [3.05, 3.63) is 103 Å². The van der Waals surface area contributed by atoms with E-state index in [1.54, 1.807) is 0 Å². The van der Waals surface area contributed by atoms with Gasteiger partial charge in [0.1, 0.15) is 0 Å². The van der Waals surface area contributed by atoms with Gasteiger partial charge in [-0.3, -0.25) is 0 Å². The molecule has 4 rings (SSSR count). The average Bonchev–Trinajstić information content (AvgIpc) is 2.69. The number of aromatic nitrogens is 1. The van der Waals surface area contributed by atoms with Crippen LogP contribution in [0.3, 0.4) is 0 Å². The van der Waals surface area contributed by atoms with Gasteiger partial charge in [0.25, 0.3) is 0 Å². The van der Waals surface area contributed by atoms with Crippen molar-refractivity contribution in [2.75, 3.05) is 0 Å². The Hall–Kier alpha value is -2.50. The molecule has 0 aliphatic rings. The van der Waals surface area contributed by atoms with E-state index in [0.29, 0.717) is 0 Å². The van der Waals surface area contributed by atoms with Crippen LogP contribution in [0.25, 0.3) is 33.5 Å². The molecule has 0 bridgehead atoms. The maximum absolute atomic E-state index is 4.43. The molecular weight excluding hydrogens is 485 g/mol. The fourth-order valence-corrected chi connectivity index (χ4v) is 2.91. The molecule has 1 nitrogen and oxygen atoms in total. The third kappa shape index (κ3) is 3.78. The smallest absolute Gasteiger partial charge is 0.0160 e. The Labute approximate surface area is 162 Å². The van der Waals surface area contributed by atoms with Crippen LogP contribution in [0.4, 0.5) is 0 Å². The van der Waals surface area contributed by atoms with Crippen LogP contribution in [-0.4, -0.2) is 4.98 Å². The molecule has 0 saturated carbocycles. The second kappa shape index (κ2) is 8.05. The molecule has 4 aromatic rings. The molecule has 0 amide bonds. The van der Waals surface area contributed by atoms with Gasteiger partial charge in [-0.1, -0.05) is 66.7 Å². The van der Waals surface area contributed by atoms with Crippen molar-refractivity contribution in [3.63, 3.8) is 0 Å². The van der Waals surface area contributed by atoms with E-state index in [2.05, 4.69) is 71.7 Å². The minimum atomic E-state index is 0. The van der Waals surface area contributed by atoms with Crippen LogP contribution >= 0.6 is 0 Å². The van der Waals surface area contributed by atoms with Crippen molar-refractivity contribution >= 4 is 0 Å². The predicted octanol–water partition coefficient (Wildman–Crippen LogP) is 5.88. The second-order valence-corrected chi connectivity index (χ2v) is 5.62. The first-order chi connectivity index (χ1) is 11.9. The number of hydrogen-bond donors (Lipinski definition) is 0. The van der Waals surface area contributed by atoms with Crippen LogP contribution in [0.15, 0.2) is 97.2 Å². The minimum absolute atomic E-state index is 0. The monoisotopic (exact) mass is 501 g/mol. The Bertz CT molecular complexity index is 950. The number of hydrogen-bond acceptors (Lipinski definition) is 1. The van der Waals surface area contributed by atoms with E-state index < -0.39 is 0 Å². The molecule has 3 aromatic carbocycles. The molecule has 0 atom stereocenters. The van der Waals surface area contributed by atoms with Crippen molar-refractivity contribution in [3.8, 4) is 33.5 Å². The molecule has 0 aliphatic carbocycles. The third-order valence-corrected chi connectivity index (χ3v) is 4.07. The molecule has 0 aliphatic heterocycles. The van der Waals surface area contributed by atoms with Crippen LogP contribution in [0.5, 0.6) is 0 Å². The molecule has 0 unspecified atom stereocenters. The van der Waals surface area contributed by atoms with Crippen molar-refractivity contribution in [2.45, 2.75) is 0 Å². The Morgan fingerprint density at radius 2 is 1.32 bits per heavy atom. The van der Waals surface area contributed by atoms with Gasteiger partial charge in [-0.05, 0) is 28.5 Å². The zero-order chi connectivity index (χ0) is 16.2. The van der Waals surface area contributed by atoms with Gasteiger partial charge < -0.3 is 4.98 Å². The van der Waals surface area contributed by atoms with Gasteiger partial charge in [0.15, 0.2) is 0 Å². The zero-order valence-electron chi connectivity index (χ0n) is 13.5. The quantitative estimate of drug-likeness (QED) is 0.320. The molecular formula is C23H16NPt-. The summed E-state index contributed by atoms with van der Waals surface area (Å²) in [5.74, 6) is 0. The molecule has 124 valence electrons. The zero-order valence-corrected chi connectivity index (χ0v) is 15.8. The van der Waals surface area contributed by atoms with Gasteiger partial charge in [0, 0.05) is 27.3 Å². The van der Waals surface area contributed by atoms with Gasteiger partial charge in [-0.2, -0.15) is 0 Å². The van der Waals surface area contributed by atoms with E-state index >= 15 is 0 Å². The largest absolute Gasteiger partial charge is 0.305 e. The second-order valence-electron chi connectivity index (χ2n) is 5.62. The predicted molar refractivity (Wildman–Crippen MR) is 99.4 cm³/mol. The Morgan fingerprint density at radius 1 is 0.640 bits per heavy atom. The summed E-state index contributed by atoms with van der Waals surface area (Å²) < 4.78 is 0. The van der Waals surface area contributed by atoms with Gasteiger partial charge in [0.05, 0.1) is 0 Å². The first kappa shape index (κ1) is 17.3. The van der Waals surface area contributed by atoms with E-state index in [0.717, 1.165) is 11.3 Å². The molecule has 0 saturated heterocycles. The Balaban J connectivity index is 0.00000182. The van der Waals surface area contributed by atoms with Crippen LogP contribution < -0.4 is 0 Å². The maximum Gasteiger partial charge on any atom is 0.0160 e. The SMILES string of the molecule is [Pt].[c-]1ccc(-c2ccccc2-c2ccccc2)cc1-c1ccccn1. The van der Waals surface area contributed by atoms with Gasteiger partial charge in [0.2, 0.25) is 0 Å². The van der Waals surface area contributed by atoms with Crippen molar-refractivity contribution in [1.29, 1.82) is 0 Å². The number of benzene rings is 3. The van der Waals surface area contributed by atoms with Crippen molar-refractivity contribution in [1.82, 2.24) is 4.98 Å². The van der Waals surface area contributed by atoms with E-state index in [1.807, 2.05) is 36.5 Å². The van der Waals surface area contributed by atoms with Crippen LogP contribution in [0.1, 0.15) is 0 Å². The van der Waals surface area contributed by atoms with E-state index in [9.17, 15) is 0 Å². The van der Waals surface area contributed by atoms with E-state index in [1.165, 1.54) is 22.3 Å². The maximum atomic E-state index is 4.43. The Morgan fingerprint density at radius 3 is 2.04 bits per heavy atom. The van der Waals surface area contributed by atoms with Crippen molar-refractivity contribution in [2.24, 2.45) is 0 Å². The minimum Gasteiger partial charge on any atom is -0.305 e. The summed E-state index contributed by atoms with van der Waals surface area (Å²) in [6.07, 6.45) is 1.81. The summed E-state index contributed by atoms with van der Waals surface area (Å²) in [4.78, 5) is 4.43. The fraction of sp³-hybridized carbons (Fsp3) is 0. The van der Waals surface area contributed by atoms with Crippen LogP contribution in [0, 0.1) is 6.07 Å². The molecule has 0 fully saturated rings. The number of nitrogens with zero attached hydrogens (tertiary/aromatic N) is 1. The first-order valence-electron chi connectivity index (χ1n) is 8.00. The average molecular weight is 501 g/mol. The number of rotatable bonds is 3. The summed E-state index contributed by atoms with van der Waals surface area (Å²) in [7, 11) is 0. The van der Waals surface area contributed by atoms with Gasteiger partial charge in [-0.15, -0.1) is 35.4 Å². The van der Waals surface area contributed by atoms with Crippen LogP contribution in [0.2, 0.25) is 0 Å². The van der Waals surface area contributed by atoms with Crippen LogP contribution in [-0.2, 0) is 21.1 Å². The first-order valence-corrected chi connectivity index (χ1v) is 8.00. The summed E-state index contributed by atoms with van der Waals surface area (Å²) in [6.45, 7) is 0. The van der Waals surface area contributed by atoms with Crippen molar-refractivity contribution < 1.29 is 21.1 Å². The topological polar surface area (TPSA) is 12.9 Å². The molecule has 0 spiro atoms. The third-order valence-electron chi connectivity index (χ3n) is 4.07.